The molecule has 1 amide bonds. The molecular weight excluding hydrogens is 212 g/mol. The highest BCUT2D eigenvalue weighted by atomic mass is 16.2. The fourth-order valence-electron chi connectivity index (χ4n) is 3.10. The predicted octanol–water partition coefficient (Wildman–Crippen LogP) is 2.07. The maximum Gasteiger partial charge on any atom is 0.224 e. The zero-order chi connectivity index (χ0) is 12.5. The number of rotatable bonds is 2. The van der Waals surface area contributed by atoms with Gasteiger partial charge in [0.25, 0.3) is 0 Å². The van der Waals surface area contributed by atoms with Crippen LogP contribution in [0.1, 0.15) is 52.9 Å². The first-order valence-corrected chi connectivity index (χ1v) is 7.00. The van der Waals surface area contributed by atoms with E-state index < -0.39 is 0 Å². The minimum Gasteiger partial charge on any atom is -0.353 e. The Morgan fingerprint density at radius 1 is 1.29 bits per heavy atom. The molecule has 1 aliphatic heterocycles. The average Bonchev–Trinajstić information content (AvgIpc) is 2.59. The first-order valence-electron chi connectivity index (χ1n) is 7.00. The lowest BCUT2D eigenvalue weighted by atomic mass is 9.91. The van der Waals surface area contributed by atoms with Gasteiger partial charge in [0.2, 0.25) is 5.91 Å². The summed E-state index contributed by atoms with van der Waals surface area (Å²) >= 11 is 0. The molecule has 3 heteroatoms. The smallest absolute Gasteiger partial charge is 0.224 e. The fourth-order valence-corrected chi connectivity index (χ4v) is 3.10. The lowest BCUT2D eigenvalue weighted by molar-refractivity contribution is -0.126. The molecule has 17 heavy (non-hydrogen) atoms. The van der Waals surface area contributed by atoms with Gasteiger partial charge >= 0.3 is 0 Å². The molecule has 2 fully saturated rings. The van der Waals surface area contributed by atoms with Crippen LogP contribution in [0.15, 0.2) is 0 Å². The summed E-state index contributed by atoms with van der Waals surface area (Å²) in [7, 11) is 0. The van der Waals surface area contributed by atoms with Crippen LogP contribution in [0.2, 0.25) is 0 Å². The van der Waals surface area contributed by atoms with Gasteiger partial charge in [-0.1, -0.05) is 13.8 Å². The summed E-state index contributed by atoms with van der Waals surface area (Å²) < 4.78 is 0. The molecule has 0 spiro atoms. The predicted molar refractivity (Wildman–Crippen MR) is 69.8 cm³/mol. The summed E-state index contributed by atoms with van der Waals surface area (Å²) in [6, 6.07) is 0.987. The van der Waals surface area contributed by atoms with E-state index in [1.165, 1.54) is 6.42 Å². The number of nitrogens with one attached hydrogen (secondary N) is 2. The highest BCUT2D eigenvalue weighted by Crippen LogP contribution is 2.37. The summed E-state index contributed by atoms with van der Waals surface area (Å²) in [6.07, 6.45) is 5.67. The second-order valence-corrected chi connectivity index (χ2v) is 6.70. The zero-order valence-electron chi connectivity index (χ0n) is 11.4. The van der Waals surface area contributed by atoms with Crippen molar-refractivity contribution in [3.05, 3.63) is 0 Å². The van der Waals surface area contributed by atoms with Crippen molar-refractivity contribution in [2.45, 2.75) is 65.0 Å². The van der Waals surface area contributed by atoms with E-state index in [9.17, 15) is 4.79 Å². The third kappa shape index (κ3) is 3.44. The van der Waals surface area contributed by atoms with Crippen molar-refractivity contribution < 1.29 is 4.79 Å². The van der Waals surface area contributed by atoms with E-state index in [1.807, 2.05) is 0 Å². The Bertz CT molecular complexity index is 280. The lowest BCUT2D eigenvalue weighted by Crippen LogP contribution is -2.46. The Balaban J connectivity index is 1.78. The van der Waals surface area contributed by atoms with Crippen LogP contribution in [-0.2, 0) is 4.79 Å². The van der Waals surface area contributed by atoms with E-state index in [1.54, 1.807) is 0 Å². The fraction of sp³-hybridized carbons (Fsp3) is 0.929. The van der Waals surface area contributed by atoms with Crippen LogP contribution in [0.25, 0.3) is 0 Å². The summed E-state index contributed by atoms with van der Waals surface area (Å²) in [4.78, 5) is 12.1. The van der Waals surface area contributed by atoms with E-state index in [2.05, 4.69) is 31.4 Å². The van der Waals surface area contributed by atoms with E-state index in [0.29, 0.717) is 17.5 Å². The molecule has 3 unspecified atom stereocenters. The molecule has 1 saturated heterocycles. The Kier molecular flexibility index (Phi) is 3.76. The SMILES string of the molecule is CC1CCC(C(=O)NC2CCC(C)(C)C2)CN1. The number of hydrogen-bond donors (Lipinski definition) is 2. The van der Waals surface area contributed by atoms with Crippen molar-refractivity contribution >= 4 is 5.91 Å². The maximum absolute atomic E-state index is 12.1. The maximum atomic E-state index is 12.1. The highest BCUT2D eigenvalue weighted by molar-refractivity contribution is 5.79. The van der Waals surface area contributed by atoms with Gasteiger partial charge in [0.15, 0.2) is 0 Å². The van der Waals surface area contributed by atoms with Crippen LogP contribution in [0.4, 0.5) is 0 Å². The topological polar surface area (TPSA) is 41.1 Å². The van der Waals surface area contributed by atoms with Crippen molar-refractivity contribution in [2.24, 2.45) is 11.3 Å². The lowest BCUT2D eigenvalue weighted by Gasteiger charge is -2.28. The minimum atomic E-state index is 0.190. The Morgan fingerprint density at radius 2 is 2.06 bits per heavy atom. The number of hydrogen-bond acceptors (Lipinski definition) is 2. The van der Waals surface area contributed by atoms with Gasteiger partial charge in [0.1, 0.15) is 0 Å². The summed E-state index contributed by atoms with van der Waals surface area (Å²) in [5.41, 5.74) is 0.414. The Labute approximate surface area is 105 Å². The third-order valence-corrected chi connectivity index (χ3v) is 4.35. The molecule has 0 aromatic carbocycles. The molecule has 0 aromatic heterocycles. The van der Waals surface area contributed by atoms with Crippen LogP contribution in [-0.4, -0.2) is 24.5 Å². The zero-order valence-corrected chi connectivity index (χ0v) is 11.4. The first-order chi connectivity index (χ1) is 7.96. The van der Waals surface area contributed by atoms with Gasteiger partial charge in [-0.05, 0) is 44.4 Å². The molecular formula is C14H26N2O. The Hall–Kier alpha value is -0.570. The summed E-state index contributed by atoms with van der Waals surface area (Å²) in [5.74, 6) is 0.460. The van der Waals surface area contributed by atoms with Gasteiger partial charge < -0.3 is 10.6 Å². The van der Waals surface area contributed by atoms with E-state index in [4.69, 9.17) is 0 Å². The molecule has 2 aliphatic rings. The first kappa shape index (κ1) is 12.9. The normalized spacial score (nSPS) is 36.8. The van der Waals surface area contributed by atoms with Crippen LogP contribution >= 0.6 is 0 Å². The van der Waals surface area contributed by atoms with Crippen molar-refractivity contribution in [3.63, 3.8) is 0 Å². The second-order valence-electron chi connectivity index (χ2n) is 6.70. The highest BCUT2D eigenvalue weighted by Gasteiger charge is 2.33. The van der Waals surface area contributed by atoms with Gasteiger partial charge in [0, 0.05) is 18.6 Å². The quantitative estimate of drug-likeness (QED) is 0.773. The number of carbonyl (C=O) groups excluding carboxylic acids is 1. The Morgan fingerprint density at radius 3 is 2.59 bits per heavy atom. The number of piperidine rings is 1. The summed E-state index contributed by atoms with van der Waals surface area (Å²) in [6.45, 7) is 7.63. The van der Waals surface area contributed by atoms with Crippen LogP contribution in [0.3, 0.4) is 0 Å². The number of carbonyl (C=O) groups is 1. The molecule has 3 atom stereocenters. The standard InChI is InChI=1S/C14H26N2O/c1-10-4-5-11(9-15-10)13(17)16-12-6-7-14(2,3)8-12/h10-12,15H,4-9H2,1-3H3,(H,16,17). The van der Waals surface area contributed by atoms with E-state index in [-0.39, 0.29) is 11.8 Å². The monoisotopic (exact) mass is 238 g/mol. The average molecular weight is 238 g/mol. The second kappa shape index (κ2) is 4.97. The molecule has 1 saturated carbocycles. The van der Waals surface area contributed by atoms with E-state index in [0.717, 1.165) is 32.2 Å². The van der Waals surface area contributed by atoms with Crippen molar-refractivity contribution in [1.82, 2.24) is 10.6 Å². The van der Waals surface area contributed by atoms with Gasteiger partial charge in [0.05, 0.1) is 5.92 Å². The van der Waals surface area contributed by atoms with Crippen molar-refractivity contribution in [2.75, 3.05) is 6.54 Å². The minimum absolute atomic E-state index is 0.190. The largest absolute Gasteiger partial charge is 0.353 e. The number of amides is 1. The van der Waals surface area contributed by atoms with Crippen LogP contribution in [0, 0.1) is 11.3 Å². The molecule has 2 rings (SSSR count). The van der Waals surface area contributed by atoms with Gasteiger partial charge in [-0.25, -0.2) is 0 Å². The summed E-state index contributed by atoms with van der Waals surface area (Å²) in [5, 5.41) is 6.63. The van der Waals surface area contributed by atoms with Crippen molar-refractivity contribution in [1.29, 1.82) is 0 Å². The molecule has 1 heterocycles. The molecule has 0 aromatic rings. The van der Waals surface area contributed by atoms with Crippen molar-refractivity contribution in [3.8, 4) is 0 Å². The molecule has 0 bridgehead atoms. The van der Waals surface area contributed by atoms with Gasteiger partial charge in [-0.15, -0.1) is 0 Å². The molecule has 98 valence electrons. The van der Waals surface area contributed by atoms with E-state index >= 15 is 0 Å². The molecule has 3 nitrogen and oxygen atoms in total. The molecule has 2 N–H and O–H groups in total. The van der Waals surface area contributed by atoms with Crippen LogP contribution in [0.5, 0.6) is 0 Å². The van der Waals surface area contributed by atoms with Gasteiger partial charge in [-0.2, -0.15) is 0 Å². The molecule has 0 radical (unpaired) electrons. The van der Waals surface area contributed by atoms with Gasteiger partial charge in [-0.3, -0.25) is 4.79 Å². The third-order valence-electron chi connectivity index (χ3n) is 4.35. The molecule has 1 aliphatic carbocycles. The van der Waals surface area contributed by atoms with Crippen LogP contribution < -0.4 is 10.6 Å².